The Morgan fingerprint density at radius 3 is 2.70 bits per heavy atom. The van der Waals surface area contributed by atoms with Gasteiger partial charge in [0.2, 0.25) is 0 Å². The average Bonchev–Trinajstić information content (AvgIpc) is 3.27. The first kappa shape index (κ1) is 19.7. The largest absolute Gasteiger partial charge is 0.495 e. The molecule has 0 fully saturated rings. The summed E-state index contributed by atoms with van der Waals surface area (Å²) >= 11 is 1.56. The number of benzene rings is 2. The molecule has 2 aromatic heterocycles. The van der Waals surface area contributed by atoms with E-state index in [-0.39, 0.29) is 18.1 Å². The maximum absolute atomic E-state index is 13.1. The van der Waals surface area contributed by atoms with Crippen LogP contribution in [-0.2, 0) is 13.1 Å². The predicted molar refractivity (Wildman–Crippen MR) is 118 cm³/mol. The number of aromatic nitrogens is 2. The third-order valence-electron chi connectivity index (χ3n) is 4.57. The lowest BCUT2D eigenvalue weighted by Gasteiger charge is -2.23. The standard InChI is InChI=1S/C22H20N4O3S/c1-29-19-11-5-4-10-18(19)24-22(28)26(13-15-7-6-12-30-15)14-20-23-17-9-3-2-8-16(17)21(27)25-20/h2-12H,13-14H2,1H3,(H,24,28)(H,23,25,27). The molecule has 30 heavy (non-hydrogen) atoms. The number of urea groups is 1. The van der Waals surface area contributed by atoms with Crippen molar-refractivity contribution in [1.82, 2.24) is 14.9 Å². The highest BCUT2D eigenvalue weighted by atomic mass is 32.1. The van der Waals surface area contributed by atoms with Gasteiger partial charge in [0.05, 0.1) is 36.8 Å². The van der Waals surface area contributed by atoms with Gasteiger partial charge in [-0.25, -0.2) is 9.78 Å². The number of ether oxygens (including phenoxy) is 1. The minimum absolute atomic E-state index is 0.152. The molecule has 2 heterocycles. The number of thiophene rings is 1. The third kappa shape index (κ3) is 4.33. The maximum Gasteiger partial charge on any atom is 0.322 e. The van der Waals surface area contributed by atoms with Crippen molar-refractivity contribution in [1.29, 1.82) is 0 Å². The molecular formula is C22H20N4O3S. The average molecular weight is 420 g/mol. The van der Waals surface area contributed by atoms with E-state index in [0.717, 1.165) is 4.88 Å². The Kier molecular flexibility index (Phi) is 5.76. The first-order chi connectivity index (χ1) is 14.6. The molecule has 2 N–H and O–H groups in total. The third-order valence-corrected chi connectivity index (χ3v) is 5.43. The Balaban J connectivity index is 1.63. The molecule has 0 aliphatic carbocycles. The number of carbonyl (C=O) groups is 1. The summed E-state index contributed by atoms with van der Waals surface area (Å²) in [5.41, 5.74) is 0.940. The van der Waals surface area contributed by atoms with Crippen LogP contribution in [0.15, 0.2) is 70.8 Å². The number of hydrogen-bond donors (Lipinski definition) is 2. The van der Waals surface area contributed by atoms with Gasteiger partial charge in [-0.2, -0.15) is 0 Å². The number of nitrogens with zero attached hydrogens (tertiary/aromatic N) is 2. The molecule has 8 heteroatoms. The van der Waals surface area contributed by atoms with Crippen LogP contribution in [0.4, 0.5) is 10.5 Å². The van der Waals surface area contributed by atoms with Crippen molar-refractivity contribution in [3.8, 4) is 5.75 Å². The summed E-state index contributed by atoms with van der Waals surface area (Å²) in [4.78, 5) is 35.5. The van der Waals surface area contributed by atoms with E-state index in [1.807, 2.05) is 35.7 Å². The summed E-state index contributed by atoms with van der Waals surface area (Å²) in [5.74, 6) is 0.990. The fourth-order valence-corrected chi connectivity index (χ4v) is 3.84. The molecule has 4 aromatic rings. The fraction of sp³-hybridized carbons (Fsp3) is 0.136. The second-order valence-corrected chi connectivity index (χ2v) is 7.63. The quantitative estimate of drug-likeness (QED) is 0.489. The number of fused-ring (bicyclic) bond motifs is 1. The summed E-state index contributed by atoms with van der Waals surface area (Å²) in [6.07, 6.45) is 0. The number of para-hydroxylation sites is 3. The summed E-state index contributed by atoms with van der Waals surface area (Å²) < 4.78 is 5.32. The number of H-pyrrole nitrogens is 1. The Hall–Kier alpha value is -3.65. The van der Waals surface area contributed by atoms with Gasteiger partial charge < -0.3 is 19.9 Å². The number of hydrogen-bond acceptors (Lipinski definition) is 5. The van der Waals surface area contributed by atoms with Crippen LogP contribution in [0.3, 0.4) is 0 Å². The van der Waals surface area contributed by atoms with Gasteiger partial charge in [0, 0.05) is 4.88 Å². The van der Waals surface area contributed by atoms with E-state index < -0.39 is 0 Å². The van der Waals surface area contributed by atoms with E-state index in [2.05, 4.69) is 15.3 Å². The number of nitrogens with one attached hydrogen (secondary N) is 2. The number of aromatic amines is 1. The first-order valence-corrected chi connectivity index (χ1v) is 10.2. The molecule has 0 saturated carbocycles. The summed E-state index contributed by atoms with van der Waals surface area (Å²) in [6, 6.07) is 17.9. The van der Waals surface area contributed by atoms with Crippen molar-refractivity contribution in [3.63, 3.8) is 0 Å². The van der Waals surface area contributed by atoms with Crippen LogP contribution >= 0.6 is 11.3 Å². The van der Waals surface area contributed by atoms with Gasteiger partial charge in [-0.15, -0.1) is 11.3 Å². The second-order valence-electron chi connectivity index (χ2n) is 6.60. The van der Waals surface area contributed by atoms with E-state index in [1.54, 1.807) is 53.7 Å². The molecule has 0 unspecified atom stereocenters. The molecule has 0 saturated heterocycles. The van der Waals surface area contributed by atoms with Crippen molar-refractivity contribution < 1.29 is 9.53 Å². The van der Waals surface area contributed by atoms with Gasteiger partial charge >= 0.3 is 6.03 Å². The van der Waals surface area contributed by atoms with Crippen LogP contribution in [-0.4, -0.2) is 28.0 Å². The molecule has 0 radical (unpaired) electrons. The van der Waals surface area contributed by atoms with E-state index in [0.29, 0.717) is 34.7 Å². The highest BCUT2D eigenvalue weighted by Gasteiger charge is 2.18. The van der Waals surface area contributed by atoms with E-state index in [4.69, 9.17) is 4.74 Å². The molecule has 7 nitrogen and oxygen atoms in total. The van der Waals surface area contributed by atoms with E-state index >= 15 is 0 Å². The first-order valence-electron chi connectivity index (χ1n) is 9.33. The van der Waals surface area contributed by atoms with Gasteiger partial charge in [0.25, 0.3) is 5.56 Å². The molecule has 0 spiro atoms. The number of anilines is 1. The molecule has 2 aromatic carbocycles. The lowest BCUT2D eigenvalue weighted by molar-refractivity contribution is 0.205. The number of carbonyl (C=O) groups excluding carboxylic acids is 1. The summed E-state index contributed by atoms with van der Waals surface area (Å²) in [5, 5.41) is 5.37. The zero-order valence-electron chi connectivity index (χ0n) is 16.3. The molecule has 2 amide bonds. The molecule has 0 aliphatic rings. The minimum atomic E-state index is -0.316. The highest BCUT2D eigenvalue weighted by Crippen LogP contribution is 2.24. The lowest BCUT2D eigenvalue weighted by atomic mass is 10.2. The van der Waals surface area contributed by atoms with Crippen LogP contribution < -0.4 is 15.6 Å². The highest BCUT2D eigenvalue weighted by molar-refractivity contribution is 7.09. The van der Waals surface area contributed by atoms with Gasteiger partial charge in [-0.05, 0) is 35.7 Å². The topological polar surface area (TPSA) is 87.3 Å². The van der Waals surface area contributed by atoms with Crippen LogP contribution in [0.5, 0.6) is 5.75 Å². The van der Waals surface area contributed by atoms with Gasteiger partial charge in [0.1, 0.15) is 11.6 Å². The molecule has 152 valence electrons. The molecule has 4 rings (SSSR count). The lowest BCUT2D eigenvalue weighted by Crippen LogP contribution is -2.35. The van der Waals surface area contributed by atoms with Crippen molar-refractivity contribution >= 4 is 34.0 Å². The van der Waals surface area contributed by atoms with Crippen LogP contribution in [0, 0.1) is 0 Å². The van der Waals surface area contributed by atoms with Gasteiger partial charge in [0.15, 0.2) is 0 Å². The zero-order valence-corrected chi connectivity index (χ0v) is 17.1. The Bertz CT molecular complexity index is 1220. The number of methoxy groups -OCH3 is 1. The smallest absolute Gasteiger partial charge is 0.322 e. The van der Waals surface area contributed by atoms with Crippen molar-refractivity contribution in [2.75, 3.05) is 12.4 Å². The van der Waals surface area contributed by atoms with Crippen molar-refractivity contribution in [2.45, 2.75) is 13.1 Å². The summed E-state index contributed by atoms with van der Waals surface area (Å²) in [7, 11) is 1.55. The molecular weight excluding hydrogens is 400 g/mol. The molecule has 0 aliphatic heterocycles. The van der Waals surface area contributed by atoms with Crippen molar-refractivity contribution in [2.24, 2.45) is 0 Å². The number of amides is 2. The number of rotatable bonds is 6. The summed E-state index contributed by atoms with van der Waals surface area (Å²) in [6.45, 7) is 0.536. The van der Waals surface area contributed by atoms with E-state index in [1.165, 1.54) is 0 Å². The fourth-order valence-electron chi connectivity index (χ4n) is 3.12. The SMILES string of the molecule is COc1ccccc1NC(=O)N(Cc1nc2ccccc2c(=O)[nH]1)Cc1cccs1. The van der Waals surface area contributed by atoms with Gasteiger partial charge in [-0.3, -0.25) is 4.79 Å². The maximum atomic E-state index is 13.1. The van der Waals surface area contributed by atoms with Crippen LogP contribution in [0.1, 0.15) is 10.7 Å². The normalized spacial score (nSPS) is 10.7. The van der Waals surface area contributed by atoms with Gasteiger partial charge in [-0.1, -0.05) is 30.3 Å². The zero-order chi connectivity index (χ0) is 20.9. The Morgan fingerprint density at radius 2 is 1.90 bits per heavy atom. The Morgan fingerprint density at radius 1 is 1.10 bits per heavy atom. The molecule has 0 bridgehead atoms. The predicted octanol–water partition coefficient (Wildman–Crippen LogP) is 4.23. The minimum Gasteiger partial charge on any atom is -0.495 e. The van der Waals surface area contributed by atoms with Crippen LogP contribution in [0.2, 0.25) is 0 Å². The van der Waals surface area contributed by atoms with E-state index in [9.17, 15) is 9.59 Å². The Labute approximate surface area is 177 Å². The van der Waals surface area contributed by atoms with Crippen LogP contribution in [0.25, 0.3) is 10.9 Å². The monoisotopic (exact) mass is 420 g/mol. The molecule has 0 atom stereocenters. The van der Waals surface area contributed by atoms with Crippen molar-refractivity contribution in [3.05, 3.63) is 87.1 Å². The second kappa shape index (κ2) is 8.79.